The summed E-state index contributed by atoms with van der Waals surface area (Å²) in [7, 11) is 3.14. The number of rotatable bonds is 10. The average molecular weight is 828 g/mol. The zero-order chi connectivity index (χ0) is 34.7. The molecule has 6 rings (SSSR count). The number of carbonyl (C=O) groups excluding carboxylic acids is 1. The number of esters is 1. The number of fused-ring (bicyclic) bond motifs is 1. The van der Waals surface area contributed by atoms with E-state index in [1.165, 1.54) is 11.3 Å². The van der Waals surface area contributed by atoms with Crippen molar-refractivity contribution in [2.24, 2.45) is 4.99 Å². The predicted octanol–water partition coefficient (Wildman–Crippen LogP) is 7.44. The number of halogens is 3. The van der Waals surface area contributed by atoms with Crippen LogP contribution in [0.2, 0.25) is 10.0 Å². The summed E-state index contributed by atoms with van der Waals surface area (Å²) in [5, 5.41) is 0.914. The van der Waals surface area contributed by atoms with Gasteiger partial charge >= 0.3 is 5.97 Å². The van der Waals surface area contributed by atoms with Crippen LogP contribution in [0.5, 0.6) is 17.2 Å². The third-order valence-corrected chi connectivity index (χ3v) is 10.2. The Balaban J connectivity index is 1.48. The van der Waals surface area contributed by atoms with Gasteiger partial charge in [0.15, 0.2) is 16.3 Å². The molecular weight excluding hydrogens is 798 g/mol. The Kier molecular flexibility index (Phi) is 10.8. The number of hydrogen-bond donors (Lipinski definition) is 0. The molecule has 0 saturated heterocycles. The van der Waals surface area contributed by atoms with Crippen LogP contribution in [0.4, 0.5) is 0 Å². The summed E-state index contributed by atoms with van der Waals surface area (Å²) in [4.78, 5) is 33.4. The molecule has 1 aliphatic rings. The number of methoxy groups -OCH3 is 2. The normalized spacial score (nSPS) is 14.2. The molecule has 0 fully saturated rings. The van der Waals surface area contributed by atoms with Gasteiger partial charge in [0, 0.05) is 5.56 Å². The Labute approximate surface area is 310 Å². The number of nitrogens with zero attached hydrogens (tertiary/aromatic N) is 2. The second kappa shape index (κ2) is 15.2. The third-order valence-electron chi connectivity index (χ3n) is 7.72. The summed E-state index contributed by atoms with van der Waals surface area (Å²) in [6, 6.07) is 25.0. The molecule has 0 bridgehead atoms. The van der Waals surface area contributed by atoms with Crippen molar-refractivity contribution in [3.8, 4) is 17.2 Å². The minimum Gasteiger partial charge on any atom is -0.497 e. The van der Waals surface area contributed by atoms with Crippen molar-refractivity contribution < 1.29 is 23.7 Å². The maximum Gasteiger partial charge on any atom is 0.338 e. The van der Waals surface area contributed by atoms with Gasteiger partial charge in [-0.3, -0.25) is 9.36 Å². The lowest BCUT2D eigenvalue weighted by molar-refractivity contribution is -0.138. The molecule has 0 spiro atoms. The number of thiazole rings is 1. The number of hydrogen-bond acceptors (Lipinski definition) is 8. The molecule has 12 heteroatoms. The van der Waals surface area contributed by atoms with E-state index in [4.69, 9.17) is 47.1 Å². The molecule has 250 valence electrons. The monoisotopic (exact) mass is 826 g/mol. The molecule has 0 amide bonds. The highest BCUT2D eigenvalue weighted by molar-refractivity contribution is 14.1. The second-order valence-electron chi connectivity index (χ2n) is 10.8. The van der Waals surface area contributed by atoms with Gasteiger partial charge in [-0.1, -0.05) is 83.1 Å². The maximum atomic E-state index is 14.3. The van der Waals surface area contributed by atoms with E-state index >= 15 is 0 Å². The van der Waals surface area contributed by atoms with E-state index in [9.17, 15) is 9.59 Å². The molecule has 0 aliphatic carbocycles. The van der Waals surface area contributed by atoms with E-state index in [2.05, 4.69) is 22.6 Å². The van der Waals surface area contributed by atoms with Gasteiger partial charge in [-0.2, -0.15) is 0 Å². The molecule has 0 saturated carbocycles. The molecule has 0 unspecified atom stereocenters. The molecule has 1 aliphatic heterocycles. The highest BCUT2D eigenvalue weighted by atomic mass is 127. The van der Waals surface area contributed by atoms with Gasteiger partial charge in [-0.25, -0.2) is 9.79 Å². The van der Waals surface area contributed by atoms with Gasteiger partial charge in [-0.05, 0) is 88.7 Å². The summed E-state index contributed by atoms with van der Waals surface area (Å²) >= 11 is 15.7. The summed E-state index contributed by atoms with van der Waals surface area (Å²) in [5.74, 6) is 1.15. The molecule has 8 nitrogen and oxygen atoms in total. The fourth-order valence-corrected chi connectivity index (χ4v) is 7.54. The molecule has 1 aromatic heterocycles. The van der Waals surface area contributed by atoms with Crippen LogP contribution in [0, 0.1) is 3.57 Å². The number of aromatic nitrogens is 1. The molecule has 0 N–H and O–H groups in total. The Morgan fingerprint density at radius 3 is 2.41 bits per heavy atom. The van der Waals surface area contributed by atoms with Crippen LogP contribution < -0.4 is 29.1 Å². The largest absolute Gasteiger partial charge is 0.497 e. The molecular formula is C37H29Cl2IN2O6S. The smallest absolute Gasteiger partial charge is 0.338 e. The standard InChI is InChI=1S/C37H29Cl2IN2O6S/c1-4-47-36(44)31-32(23-8-6-5-7-9-23)41-37-42(33(31)24-11-13-25(45-2)14-12-24)35(43)30(49-37)19-22-17-28(40)34(29(18-22)46-3)48-20-21-10-15-26(38)27(39)16-21/h5-19,33H,4,20H2,1-3H3/b30-19-/t33-/m0/s1. The van der Waals surface area contributed by atoms with E-state index < -0.39 is 12.0 Å². The van der Waals surface area contributed by atoms with Gasteiger partial charge in [0.1, 0.15) is 12.4 Å². The third kappa shape index (κ3) is 7.28. The predicted molar refractivity (Wildman–Crippen MR) is 201 cm³/mol. The minimum atomic E-state index is -0.801. The lowest BCUT2D eigenvalue weighted by atomic mass is 9.93. The van der Waals surface area contributed by atoms with Crippen molar-refractivity contribution >= 4 is 74.9 Å². The summed E-state index contributed by atoms with van der Waals surface area (Å²) in [5.41, 5.74) is 3.44. The van der Waals surface area contributed by atoms with Gasteiger partial charge in [0.05, 0.1) is 56.3 Å². The Morgan fingerprint density at radius 2 is 1.73 bits per heavy atom. The SMILES string of the molecule is CCOC(=O)C1=C(c2ccccc2)N=c2s/c(=C\c3cc(I)c(OCc4ccc(Cl)c(Cl)c4)c(OC)c3)c(=O)n2[C@H]1c1ccc(OC)cc1. The van der Waals surface area contributed by atoms with Crippen LogP contribution in [0.15, 0.2) is 100 Å². The average Bonchev–Trinajstić information content (AvgIpc) is 3.42. The molecule has 2 heterocycles. The van der Waals surface area contributed by atoms with Gasteiger partial charge in [-0.15, -0.1) is 0 Å². The lowest BCUT2D eigenvalue weighted by Crippen LogP contribution is -2.40. The lowest BCUT2D eigenvalue weighted by Gasteiger charge is -2.26. The van der Waals surface area contributed by atoms with Crippen LogP contribution in [0.25, 0.3) is 11.8 Å². The van der Waals surface area contributed by atoms with Crippen LogP contribution in [-0.2, 0) is 16.1 Å². The minimum absolute atomic E-state index is 0.164. The molecule has 49 heavy (non-hydrogen) atoms. The molecule has 1 atom stereocenters. The van der Waals surface area contributed by atoms with E-state index in [1.54, 1.807) is 56.1 Å². The second-order valence-corrected chi connectivity index (χ2v) is 13.8. The molecule has 5 aromatic rings. The van der Waals surface area contributed by atoms with Crippen molar-refractivity contribution in [1.29, 1.82) is 0 Å². The zero-order valence-corrected chi connectivity index (χ0v) is 31.0. The number of benzene rings is 4. The van der Waals surface area contributed by atoms with Crippen molar-refractivity contribution in [2.75, 3.05) is 20.8 Å². The number of ether oxygens (including phenoxy) is 4. The Bertz CT molecular complexity index is 2250. The molecule has 0 radical (unpaired) electrons. The van der Waals surface area contributed by atoms with Gasteiger partial charge < -0.3 is 18.9 Å². The van der Waals surface area contributed by atoms with E-state index in [-0.39, 0.29) is 24.3 Å². The highest BCUT2D eigenvalue weighted by Gasteiger charge is 2.35. The van der Waals surface area contributed by atoms with Crippen LogP contribution in [-0.4, -0.2) is 31.4 Å². The fourth-order valence-electron chi connectivity index (χ4n) is 5.44. The quantitative estimate of drug-likeness (QED) is 0.108. The first-order valence-corrected chi connectivity index (χ1v) is 17.7. The van der Waals surface area contributed by atoms with Crippen molar-refractivity contribution in [3.63, 3.8) is 0 Å². The van der Waals surface area contributed by atoms with E-state index in [0.29, 0.717) is 47.9 Å². The van der Waals surface area contributed by atoms with Crippen LogP contribution in [0.1, 0.15) is 35.2 Å². The number of carbonyl (C=O) groups is 1. The Hall–Kier alpha value is -4.10. The topological polar surface area (TPSA) is 88.4 Å². The first-order valence-electron chi connectivity index (χ1n) is 15.1. The van der Waals surface area contributed by atoms with E-state index in [1.807, 2.05) is 60.7 Å². The molecule has 4 aromatic carbocycles. The van der Waals surface area contributed by atoms with Crippen molar-refractivity contribution in [2.45, 2.75) is 19.6 Å². The van der Waals surface area contributed by atoms with Crippen LogP contribution >= 0.6 is 57.1 Å². The van der Waals surface area contributed by atoms with Crippen molar-refractivity contribution in [1.82, 2.24) is 4.57 Å². The van der Waals surface area contributed by atoms with Gasteiger partial charge in [0.2, 0.25) is 0 Å². The first kappa shape index (κ1) is 34.8. The highest BCUT2D eigenvalue weighted by Crippen LogP contribution is 2.37. The maximum absolute atomic E-state index is 14.3. The van der Waals surface area contributed by atoms with Crippen molar-refractivity contribution in [3.05, 3.63) is 146 Å². The van der Waals surface area contributed by atoms with E-state index in [0.717, 1.165) is 20.3 Å². The Morgan fingerprint density at radius 1 is 0.980 bits per heavy atom. The summed E-state index contributed by atoms with van der Waals surface area (Å²) in [6.07, 6.45) is 1.79. The summed E-state index contributed by atoms with van der Waals surface area (Å²) < 4.78 is 25.6. The fraction of sp³-hybridized carbons (Fsp3) is 0.162. The summed E-state index contributed by atoms with van der Waals surface area (Å²) in [6.45, 7) is 2.16. The van der Waals surface area contributed by atoms with Crippen LogP contribution in [0.3, 0.4) is 0 Å². The van der Waals surface area contributed by atoms with Gasteiger partial charge in [0.25, 0.3) is 5.56 Å². The first-order chi connectivity index (χ1) is 23.7. The zero-order valence-electron chi connectivity index (χ0n) is 26.5.